The molecule has 1 aromatic carbocycles. The molecule has 0 spiro atoms. The van der Waals surface area contributed by atoms with Crippen molar-refractivity contribution in [3.05, 3.63) is 18.2 Å². The molecule has 11 heteroatoms. The summed E-state index contributed by atoms with van der Waals surface area (Å²) in [4.78, 5) is -0.0262. The number of anilines is 1. The van der Waals surface area contributed by atoms with E-state index in [9.17, 15) is 16.8 Å². The third-order valence-corrected chi connectivity index (χ3v) is 6.12. The zero-order valence-corrected chi connectivity index (χ0v) is 15.5. The van der Waals surface area contributed by atoms with Gasteiger partial charge in [0.05, 0.1) is 30.4 Å². The van der Waals surface area contributed by atoms with Crippen LogP contribution in [0.5, 0.6) is 5.75 Å². The molecule has 1 aliphatic rings. The molecule has 1 saturated heterocycles. The van der Waals surface area contributed by atoms with Crippen LogP contribution in [0.2, 0.25) is 0 Å². The van der Waals surface area contributed by atoms with Gasteiger partial charge in [-0.25, -0.2) is 8.42 Å². The topological polar surface area (TPSA) is 122 Å². The number of nitrogens with one attached hydrogen (secondary N) is 1. The predicted octanol–water partition coefficient (Wildman–Crippen LogP) is -0.160. The Kier molecular flexibility index (Phi) is 6.63. The van der Waals surface area contributed by atoms with E-state index in [-0.39, 0.29) is 42.6 Å². The summed E-state index contributed by atoms with van der Waals surface area (Å²) < 4.78 is 62.7. The Morgan fingerprint density at radius 1 is 1.24 bits per heavy atom. The highest BCUT2D eigenvalue weighted by Crippen LogP contribution is 2.29. The molecule has 1 fully saturated rings. The largest absolute Gasteiger partial charge is 0.491 e. The van der Waals surface area contributed by atoms with Gasteiger partial charge in [0.2, 0.25) is 0 Å². The van der Waals surface area contributed by atoms with Crippen molar-refractivity contribution in [1.29, 1.82) is 0 Å². The summed E-state index contributed by atoms with van der Waals surface area (Å²) in [6, 6.07) is 3.96. The lowest BCUT2D eigenvalue weighted by molar-refractivity contribution is 0.0733. The highest BCUT2D eigenvalue weighted by molar-refractivity contribution is 7.91. The molecule has 1 heterocycles. The van der Waals surface area contributed by atoms with Gasteiger partial charge in [-0.05, 0) is 18.2 Å². The zero-order chi connectivity index (χ0) is 18.5. The maximum Gasteiger partial charge on any atom is 0.301 e. The van der Waals surface area contributed by atoms with Crippen molar-refractivity contribution in [2.24, 2.45) is 0 Å². The molecule has 0 atom stereocenters. The highest BCUT2D eigenvalue weighted by Gasteiger charge is 2.26. The molecule has 142 valence electrons. The fourth-order valence-electron chi connectivity index (χ4n) is 2.18. The first-order valence-electron chi connectivity index (χ1n) is 7.67. The molecule has 0 radical (unpaired) electrons. The monoisotopic (exact) mass is 394 g/mol. The lowest BCUT2D eigenvalue weighted by atomic mass is 10.3. The number of nitrogens with zero attached hydrogens (tertiary/aromatic N) is 1. The van der Waals surface area contributed by atoms with Gasteiger partial charge in [-0.15, -0.1) is 0 Å². The summed E-state index contributed by atoms with van der Waals surface area (Å²) >= 11 is 0. The van der Waals surface area contributed by atoms with Crippen molar-refractivity contribution in [2.45, 2.75) is 11.3 Å². The average molecular weight is 394 g/mol. The van der Waals surface area contributed by atoms with Gasteiger partial charge in [-0.3, -0.25) is 4.72 Å². The fraction of sp³-hybridized carbons (Fsp3) is 0.571. The first-order valence-corrected chi connectivity index (χ1v) is 11.0. The first kappa shape index (κ1) is 19.9. The highest BCUT2D eigenvalue weighted by atomic mass is 32.2. The van der Waals surface area contributed by atoms with Crippen molar-refractivity contribution in [2.75, 3.05) is 50.5 Å². The first-order chi connectivity index (χ1) is 11.7. The van der Waals surface area contributed by atoms with Crippen LogP contribution in [0.3, 0.4) is 0 Å². The van der Waals surface area contributed by atoms with Crippen molar-refractivity contribution in [3.63, 3.8) is 0 Å². The number of aliphatic hydroxyl groups is 1. The summed E-state index contributed by atoms with van der Waals surface area (Å²) in [5, 5.41) is 8.83. The Morgan fingerprint density at radius 2 is 1.92 bits per heavy atom. The number of morpholine rings is 1. The van der Waals surface area contributed by atoms with E-state index in [2.05, 4.69) is 4.72 Å². The van der Waals surface area contributed by atoms with Crippen LogP contribution >= 0.6 is 0 Å². The smallest absolute Gasteiger partial charge is 0.301 e. The molecule has 0 unspecified atom stereocenters. The van der Waals surface area contributed by atoms with Crippen LogP contribution in [0.25, 0.3) is 0 Å². The van der Waals surface area contributed by atoms with Crippen LogP contribution in [0.1, 0.15) is 6.42 Å². The van der Waals surface area contributed by atoms with Crippen LogP contribution < -0.4 is 9.46 Å². The van der Waals surface area contributed by atoms with Crippen LogP contribution in [0.4, 0.5) is 5.69 Å². The molecule has 1 aromatic rings. The molecule has 25 heavy (non-hydrogen) atoms. The van der Waals surface area contributed by atoms with E-state index in [1.807, 2.05) is 0 Å². The maximum atomic E-state index is 12.5. The van der Waals surface area contributed by atoms with Crippen molar-refractivity contribution in [1.82, 2.24) is 4.31 Å². The van der Waals surface area contributed by atoms with Gasteiger partial charge in [-0.2, -0.15) is 12.7 Å². The minimum Gasteiger partial charge on any atom is -0.491 e. The molecule has 2 N–H and O–H groups in total. The van der Waals surface area contributed by atoms with E-state index in [0.717, 1.165) is 6.26 Å². The van der Waals surface area contributed by atoms with Gasteiger partial charge in [-0.1, -0.05) is 0 Å². The Morgan fingerprint density at radius 3 is 2.52 bits per heavy atom. The number of ether oxygens (including phenoxy) is 2. The van der Waals surface area contributed by atoms with Crippen LogP contribution in [0.15, 0.2) is 23.1 Å². The molecule has 0 amide bonds. The Balaban J connectivity index is 2.31. The summed E-state index contributed by atoms with van der Waals surface area (Å²) in [7, 11) is -7.38. The molecule has 0 aromatic heterocycles. The number of rotatable bonds is 8. The van der Waals surface area contributed by atoms with Gasteiger partial charge >= 0.3 is 10.2 Å². The lowest BCUT2D eigenvalue weighted by Gasteiger charge is -2.26. The number of hydrogen-bond acceptors (Lipinski definition) is 7. The van der Waals surface area contributed by atoms with Crippen molar-refractivity contribution in [3.8, 4) is 5.75 Å². The van der Waals surface area contributed by atoms with E-state index in [1.165, 1.54) is 22.5 Å². The molecule has 0 saturated carbocycles. The molecular formula is C14H22N2O7S2. The van der Waals surface area contributed by atoms with Crippen molar-refractivity contribution < 1.29 is 31.4 Å². The Hall–Kier alpha value is -1.40. The van der Waals surface area contributed by atoms with E-state index < -0.39 is 20.0 Å². The minimum atomic E-state index is -3.87. The second-order valence-corrected chi connectivity index (χ2v) is 9.16. The summed E-state index contributed by atoms with van der Waals surface area (Å²) in [6.07, 6.45) is 1.40. The van der Waals surface area contributed by atoms with Gasteiger partial charge in [0, 0.05) is 32.4 Å². The third-order valence-electron chi connectivity index (χ3n) is 3.49. The van der Waals surface area contributed by atoms with Gasteiger partial charge < -0.3 is 14.6 Å². The Labute approximate surface area is 147 Å². The van der Waals surface area contributed by atoms with Crippen LogP contribution in [0, 0.1) is 0 Å². The Bertz CT molecular complexity index is 787. The SMILES string of the molecule is CS(=O)(=O)c1ccc(OCCCO)c(NS(=O)(=O)N2CCOCC2)c1. The summed E-state index contributed by atoms with van der Waals surface area (Å²) in [5.41, 5.74) is 0.0346. The second-order valence-electron chi connectivity index (χ2n) is 5.47. The average Bonchev–Trinajstić information content (AvgIpc) is 2.56. The molecule has 0 aliphatic carbocycles. The number of hydrogen-bond donors (Lipinski definition) is 2. The summed E-state index contributed by atoms with van der Waals surface area (Å²) in [6.45, 7) is 1.11. The quantitative estimate of drug-likeness (QED) is 0.588. The molecule has 2 rings (SSSR count). The third kappa shape index (κ3) is 5.54. The second kappa shape index (κ2) is 8.32. The zero-order valence-electron chi connectivity index (χ0n) is 13.8. The molecule has 0 bridgehead atoms. The normalized spacial score (nSPS) is 16.6. The maximum absolute atomic E-state index is 12.5. The van der Waals surface area contributed by atoms with Crippen LogP contribution in [-0.4, -0.2) is 72.0 Å². The van der Waals surface area contributed by atoms with Gasteiger partial charge in [0.15, 0.2) is 9.84 Å². The van der Waals surface area contributed by atoms with Gasteiger partial charge in [0.1, 0.15) is 5.75 Å². The fourth-order valence-corrected chi connectivity index (χ4v) is 4.03. The minimum absolute atomic E-state index is 0.0262. The number of aliphatic hydroxyl groups excluding tert-OH is 1. The number of sulfone groups is 1. The van der Waals surface area contributed by atoms with Crippen molar-refractivity contribution >= 4 is 25.7 Å². The predicted molar refractivity (Wildman–Crippen MR) is 91.7 cm³/mol. The standard InChI is InChI=1S/C14H22N2O7S2/c1-24(18,19)12-3-4-14(23-8-2-7-17)13(11-12)15-25(20,21)16-5-9-22-10-6-16/h3-4,11,15,17H,2,5-10H2,1H3. The molecule has 1 aliphatic heterocycles. The lowest BCUT2D eigenvalue weighted by Crippen LogP contribution is -2.43. The van der Waals surface area contributed by atoms with Gasteiger partial charge in [0.25, 0.3) is 0 Å². The van der Waals surface area contributed by atoms with E-state index >= 15 is 0 Å². The van der Waals surface area contributed by atoms with E-state index in [1.54, 1.807) is 0 Å². The van der Waals surface area contributed by atoms with E-state index in [0.29, 0.717) is 19.6 Å². The molecule has 9 nitrogen and oxygen atoms in total. The molecular weight excluding hydrogens is 372 g/mol. The number of benzene rings is 1. The van der Waals surface area contributed by atoms with Crippen LogP contribution in [-0.2, 0) is 24.8 Å². The summed E-state index contributed by atoms with van der Waals surface area (Å²) in [5.74, 6) is 0.192. The van der Waals surface area contributed by atoms with E-state index in [4.69, 9.17) is 14.6 Å².